The average molecular weight is 348 g/mol. The van der Waals surface area contributed by atoms with Crippen LogP contribution in [0.15, 0.2) is 24.4 Å². The molecule has 0 unspecified atom stereocenters. The highest BCUT2D eigenvalue weighted by molar-refractivity contribution is 6.32. The van der Waals surface area contributed by atoms with Crippen molar-refractivity contribution in [2.24, 2.45) is 0 Å². The van der Waals surface area contributed by atoms with Gasteiger partial charge in [-0.05, 0) is 25.0 Å². The highest BCUT2D eigenvalue weighted by Gasteiger charge is 2.34. The normalized spacial score (nSPS) is 21.4. The molecule has 7 nitrogen and oxygen atoms in total. The van der Waals surface area contributed by atoms with E-state index in [0.29, 0.717) is 37.5 Å². The van der Waals surface area contributed by atoms with E-state index in [9.17, 15) is 9.59 Å². The van der Waals surface area contributed by atoms with Crippen LogP contribution in [0.2, 0.25) is 5.15 Å². The highest BCUT2D eigenvalue weighted by Crippen LogP contribution is 2.23. The molecular formula is C16H18ClN5O2. The van der Waals surface area contributed by atoms with Crippen LogP contribution in [-0.4, -0.2) is 63.3 Å². The van der Waals surface area contributed by atoms with E-state index in [4.69, 9.17) is 11.6 Å². The summed E-state index contributed by atoms with van der Waals surface area (Å²) < 4.78 is 1.72. The maximum absolute atomic E-state index is 13.0. The van der Waals surface area contributed by atoms with Crippen LogP contribution in [-0.2, 0) is 0 Å². The van der Waals surface area contributed by atoms with Gasteiger partial charge in [0.15, 0.2) is 10.8 Å². The zero-order valence-corrected chi connectivity index (χ0v) is 13.9. The van der Waals surface area contributed by atoms with E-state index < -0.39 is 0 Å². The molecule has 8 heteroatoms. The molecule has 2 fully saturated rings. The molecule has 0 bridgehead atoms. The summed E-state index contributed by atoms with van der Waals surface area (Å²) in [5.74, 6) is -0.136. The Morgan fingerprint density at radius 3 is 3.00 bits per heavy atom. The molecule has 2 aromatic heterocycles. The highest BCUT2D eigenvalue weighted by atomic mass is 35.5. The van der Waals surface area contributed by atoms with Gasteiger partial charge in [-0.3, -0.25) is 9.20 Å². The van der Waals surface area contributed by atoms with E-state index in [0.717, 1.165) is 12.8 Å². The molecule has 0 saturated carbocycles. The van der Waals surface area contributed by atoms with Crippen molar-refractivity contribution in [3.63, 3.8) is 0 Å². The largest absolute Gasteiger partial charge is 0.336 e. The maximum atomic E-state index is 13.0. The van der Waals surface area contributed by atoms with Gasteiger partial charge in [-0.15, -0.1) is 0 Å². The van der Waals surface area contributed by atoms with Crippen LogP contribution in [0, 0.1) is 0 Å². The van der Waals surface area contributed by atoms with Crippen LogP contribution in [0.5, 0.6) is 0 Å². The fourth-order valence-corrected chi connectivity index (χ4v) is 3.80. The number of carbonyl (C=O) groups excluding carboxylic acids is 2. The zero-order chi connectivity index (χ0) is 16.7. The quantitative estimate of drug-likeness (QED) is 0.897. The Morgan fingerprint density at radius 1 is 1.33 bits per heavy atom. The molecule has 0 aliphatic carbocycles. The number of nitrogens with one attached hydrogen (secondary N) is 1. The van der Waals surface area contributed by atoms with Crippen molar-refractivity contribution in [2.45, 2.75) is 18.9 Å². The summed E-state index contributed by atoms with van der Waals surface area (Å²) in [6, 6.07) is 5.53. The van der Waals surface area contributed by atoms with Gasteiger partial charge in [0, 0.05) is 32.4 Å². The second kappa shape index (κ2) is 5.98. The fourth-order valence-electron chi connectivity index (χ4n) is 3.54. The van der Waals surface area contributed by atoms with Gasteiger partial charge >= 0.3 is 6.03 Å². The standard InChI is InChI=1S/C16H18ClN5O2/c17-14-13(22-8-2-1-5-12(22)19-14)15(23)20-7-3-4-11(10-20)21-9-6-18-16(21)24/h1-2,5,8,11H,3-4,6-7,9-10H2,(H,18,24)/t11-/m0/s1. The molecule has 0 spiro atoms. The van der Waals surface area contributed by atoms with E-state index >= 15 is 0 Å². The van der Waals surface area contributed by atoms with Gasteiger partial charge in [-0.2, -0.15) is 0 Å². The first kappa shape index (κ1) is 15.3. The number of imidazole rings is 1. The molecule has 0 aromatic carbocycles. The lowest BCUT2D eigenvalue weighted by Crippen LogP contribution is -2.50. The predicted octanol–water partition coefficient (Wildman–Crippen LogP) is 1.62. The van der Waals surface area contributed by atoms with E-state index in [1.807, 2.05) is 23.1 Å². The van der Waals surface area contributed by atoms with Crippen molar-refractivity contribution >= 4 is 29.2 Å². The van der Waals surface area contributed by atoms with Crippen LogP contribution in [0.4, 0.5) is 4.79 Å². The number of urea groups is 1. The SMILES string of the molecule is O=C(c1c(Cl)nc2ccccn12)N1CCC[C@H](N2CCNC2=O)C1. The molecule has 2 aromatic rings. The molecule has 1 atom stereocenters. The number of fused-ring (bicyclic) bond motifs is 1. The summed E-state index contributed by atoms with van der Waals surface area (Å²) in [6.45, 7) is 2.56. The second-order valence-corrected chi connectivity index (χ2v) is 6.51. The van der Waals surface area contributed by atoms with Crippen molar-refractivity contribution in [1.29, 1.82) is 0 Å². The first-order chi connectivity index (χ1) is 11.6. The van der Waals surface area contributed by atoms with E-state index in [1.54, 1.807) is 15.5 Å². The second-order valence-electron chi connectivity index (χ2n) is 6.15. The number of hydrogen-bond acceptors (Lipinski definition) is 3. The van der Waals surface area contributed by atoms with Gasteiger partial charge in [-0.25, -0.2) is 9.78 Å². The molecule has 126 valence electrons. The maximum Gasteiger partial charge on any atom is 0.317 e. The molecule has 4 rings (SSSR count). The summed E-state index contributed by atoms with van der Waals surface area (Å²) >= 11 is 6.21. The molecule has 2 aliphatic rings. The molecule has 2 saturated heterocycles. The Balaban J connectivity index is 1.59. The number of piperidine rings is 1. The smallest absolute Gasteiger partial charge is 0.317 e. The van der Waals surface area contributed by atoms with E-state index in [-0.39, 0.29) is 23.1 Å². The molecule has 3 amide bonds. The van der Waals surface area contributed by atoms with Gasteiger partial charge in [0.25, 0.3) is 5.91 Å². The summed E-state index contributed by atoms with van der Waals surface area (Å²) in [7, 11) is 0. The Labute approximate surface area is 144 Å². The van der Waals surface area contributed by atoms with Crippen LogP contribution < -0.4 is 5.32 Å². The number of pyridine rings is 1. The third-order valence-electron chi connectivity index (χ3n) is 4.70. The fraction of sp³-hybridized carbons (Fsp3) is 0.438. The lowest BCUT2D eigenvalue weighted by Gasteiger charge is -2.36. The molecule has 0 radical (unpaired) electrons. The van der Waals surface area contributed by atoms with Crippen LogP contribution in [0.25, 0.3) is 5.65 Å². The molecular weight excluding hydrogens is 330 g/mol. The number of carbonyl (C=O) groups is 2. The topological polar surface area (TPSA) is 70.0 Å². The Kier molecular flexibility index (Phi) is 3.80. The van der Waals surface area contributed by atoms with Crippen molar-refractivity contribution in [3.8, 4) is 0 Å². The number of aromatic nitrogens is 2. The number of likely N-dealkylation sites (tertiary alicyclic amines) is 1. The van der Waals surface area contributed by atoms with Crippen LogP contribution in [0.3, 0.4) is 0 Å². The van der Waals surface area contributed by atoms with Gasteiger partial charge in [0.05, 0.1) is 6.04 Å². The predicted molar refractivity (Wildman–Crippen MR) is 89.2 cm³/mol. The number of halogens is 1. The first-order valence-electron chi connectivity index (χ1n) is 8.11. The minimum Gasteiger partial charge on any atom is -0.336 e. The third-order valence-corrected chi connectivity index (χ3v) is 4.97. The van der Waals surface area contributed by atoms with Gasteiger partial charge in [0.2, 0.25) is 0 Å². The van der Waals surface area contributed by atoms with Gasteiger partial charge in [0.1, 0.15) is 5.65 Å². The Bertz CT molecular complexity index is 805. The van der Waals surface area contributed by atoms with Crippen molar-refractivity contribution in [3.05, 3.63) is 35.2 Å². The Morgan fingerprint density at radius 2 is 2.21 bits per heavy atom. The Hall–Kier alpha value is -2.28. The minimum absolute atomic E-state index is 0.0397. The van der Waals surface area contributed by atoms with E-state index in [1.165, 1.54) is 0 Å². The lowest BCUT2D eigenvalue weighted by atomic mass is 10.0. The van der Waals surface area contributed by atoms with Crippen LogP contribution in [0.1, 0.15) is 23.3 Å². The molecule has 2 aliphatic heterocycles. The molecule has 1 N–H and O–H groups in total. The summed E-state index contributed by atoms with van der Waals surface area (Å²) in [5, 5.41) is 3.04. The van der Waals surface area contributed by atoms with Crippen molar-refractivity contribution in [2.75, 3.05) is 26.2 Å². The van der Waals surface area contributed by atoms with E-state index in [2.05, 4.69) is 10.3 Å². The third kappa shape index (κ3) is 2.49. The van der Waals surface area contributed by atoms with Gasteiger partial charge < -0.3 is 15.1 Å². The van der Waals surface area contributed by atoms with Crippen molar-refractivity contribution in [1.82, 2.24) is 24.5 Å². The first-order valence-corrected chi connectivity index (χ1v) is 8.49. The minimum atomic E-state index is -0.136. The number of nitrogens with zero attached hydrogens (tertiary/aromatic N) is 4. The summed E-state index contributed by atoms with van der Waals surface area (Å²) in [4.78, 5) is 32.7. The van der Waals surface area contributed by atoms with Gasteiger partial charge in [-0.1, -0.05) is 17.7 Å². The number of hydrogen-bond donors (Lipinski definition) is 1. The van der Waals surface area contributed by atoms with Crippen molar-refractivity contribution < 1.29 is 9.59 Å². The molecule has 24 heavy (non-hydrogen) atoms. The zero-order valence-electron chi connectivity index (χ0n) is 13.1. The number of rotatable bonds is 2. The monoisotopic (exact) mass is 347 g/mol. The molecule has 4 heterocycles. The summed E-state index contributed by atoms with van der Waals surface area (Å²) in [6.07, 6.45) is 3.57. The van der Waals surface area contributed by atoms with Crippen LogP contribution >= 0.6 is 11.6 Å². The lowest BCUT2D eigenvalue weighted by molar-refractivity contribution is 0.0628. The number of amides is 3. The average Bonchev–Trinajstić information content (AvgIpc) is 3.16. The summed E-state index contributed by atoms with van der Waals surface area (Å²) in [5.41, 5.74) is 1.04.